The van der Waals surface area contributed by atoms with Gasteiger partial charge in [0.1, 0.15) is 5.75 Å². The molecule has 0 aromatic heterocycles. The van der Waals surface area contributed by atoms with Crippen LogP contribution in [0.5, 0.6) is 5.75 Å². The van der Waals surface area contributed by atoms with E-state index in [0.717, 1.165) is 11.1 Å². The highest BCUT2D eigenvalue weighted by atomic mass is 35.5. The lowest BCUT2D eigenvalue weighted by Crippen LogP contribution is -2.39. The number of nitrogens with one attached hydrogen (secondary N) is 1. The van der Waals surface area contributed by atoms with Gasteiger partial charge < -0.3 is 10.1 Å². The molecule has 0 saturated heterocycles. The Kier molecular flexibility index (Phi) is 8.66. The second kappa shape index (κ2) is 10.2. The van der Waals surface area contributed by atoms with Crippen LogP contribution >= 0.6 is 23.2 Å². The number of benzene rings is 1. The van der Waals surface area contributed by atoms with Crippen molar-refractivity contribution in [2.24, 2.45) is 0 Å². The van der Waals surface area contributed by atoms with Gasteiger partial charge in [0, 0.05) is 11.6 Å². The average molecular weight is 368 g/mol. The minimum atomic E-state index is -0.625. The molecule has 1 atom stereocenters. The van der Waals surface area contributed by atoms with Crippen LogP contribution < -0.4 is 10.1 Å². The average Bonchev–Trinajstić information content (AvgIpc) is 2.57. The smallest absolute Gasteiger partial charge is 0.261 e. The third-order valence-corrected chi connectivity index (χ3v) is 4.07. The molecule has 5 heteroatoms. The number of halogens is 2. The zero-order chi connectivity index (χ0) is 18.1. The number of amides is 1. The molecular formula is C19H23Cl2NO2. The quantitative estimate of drug-likeness (QED) is 0.629. The van der Waals surface area contributed by atoms with Crippen LogP contribution in [0.4, 0.5) is 0 Å². The van der Waals surface area contributed by atoms with Gasteiger partial charge in [0.05, 0.1) is 5.02 Å². The molecular weight excluding hydrogens is 345 g/mol. The fraction of sp³-hybridized carbons (Fsp3) is 0.316. The molecule has 1 rings (SSSR count). The van der Waals surface area contributed by atoms with Crippen LogP contribution in [-0.4, -0.2) is 18.6 Å². The Morgan fingerprint density at radius 3 is 2.67 bits per heavy atom. The summed E-state index contributed by atoms with van der Waals surface area (Å²) in [5.41, 5.74) is 2.09. The summed E-state index contributed by atoms with van der Waals surface area (Å²) in [7, 11) is 0. The minimum Gasteiger partial charge on any atom is -0.479 e. The molecule has 1 unspecified atom stereocenters. The SMILES string of the molecule is C=C/C=C(CNC(=O)C(CC)Oc1ccc(Cl)cc1Cl)\C(C)=C/C. The van der Waals surface area contributed by atoms with E-state index in [-0.39, 0.29) is 5.91 Å². The van der Waals surface area contributed by atoms with Crippen LogP contribution in [0.1, 0.15) is 27.2 Å². The minimum absolute atomic E-state index is 0.192. The van der Waals surface area contributed by atoms with Gasteiger partial charge in [-0.1, -0.05) is 60.5 Å². The van der Waals surface area contributed by atoms with Gasteiger partial charge in [-0.2, -0.15) is 0 Å². The predicted molar refractivity (Wildman–Crippen MR) is 102 cm³/mol. The molecule has 0 bridgehead atoms. The lowest BCUT2D eigenvalue weighted by Gasteiger charge is -2.19. The summed E-state index contributed by atoms with van der Waals surface area (Å²) >= 11 is 12.0. The van der Waals surface area contributed by atoms with Gasteiger partial charge in [0.25, 0.3) is 5.91 Å². The first-order valence-electron chi connectivity index (χ1n) is 7.77. The van der Waals surface area contributed by atoms with Crippen molar-refractivity contribution in [3.05, 3.63) is 64.2 Å². The number of rotatable bonds is 8. The summed E-state index contributed by atoms with van der Waals surface area (Å²) < 4.78 is 5.73. The molecule has 1 aromatic rings. The molecule has 24 heavy (non-hydrogen) atoms. The molecule has 0 aliphatic rings. The predicted octanol–water partition coefficient (Wildman–Crippen LogP) is 5.35. The van der Waals surface area contributed by atoms with Crippen LogP contribution in [0.25, 0.3) is 0 Å². The van der Waals surface area contributed by atoms with E-state index in [1.165, 1.54) is 0 Å². The molecule has 130 valence electrons. The molecule has 0 heterocycles. The van der Waals surface area contributed by atoms with E-state index in [0.29, 0.717) is 28.8 Å². The molecule has 3 nitrogen and oxygen atoms in total. The molecule has 0 aliphatic heterocycles. The molecule has 0 radical (unpaired) electrons. The molecule has 0 saturated carbocycles. The zero-order valence-corrected chi connectivity index (χ0v) is 15.7. The van der Waals surface area contributed by atoms with Crippen molar-refractivity contribution in [2.45, 2.75) is 33.3 Å². The van der Waals surface area contributed by atoms with E-state index < -0.39 is 6.10 Å². The second-order valence-electron chi connectivity index (χ2n) is 5.21. The first-order chi connectivity index (χ1) is 11.4. The molecule has 1 amide bonds. The summed E-state index contributed by atoms with van der Waals surface area (Å²) in [6.07, 6.45) is 5.47. The Labute approximate surface area is 154 Å². The third-order valence-electron chi connectivity index (χ3n) is 3.54. The maximum atomic E-state index is 12.4. The van der Waals surface area contributed by atoms with Crippen LogP contribution in [-0.2, 0) is 4.79 Å². The Morgan fingerprint density at radius 2 is 2.12 bits per heavy atom. The molecule has 1 aromatic carbocycles. The maximum Gasteiger partial charge on any atom is 0.261 e. The molecule has 0 aliphatic carbocycles. The Morgan fingerprint density at radius 1 is 1.42 bits per heavy atom. The van der Waals surface area contributed by atoms with Crippen molar-refractivity contribution in [1.29, 1.82) is 0 Å². The summed E-state index contributed by atoms with van der Waals surface area (Å²) in [6.45, 7) is 9.94. The van der Waals surface area contributed by atoms with Crippen molar-refractivity contribution in [1.82, 2.24) is 5.32 Å². The number of ether oxygens (including phenoxy) is 1. The van der Waals surface area contributed by atoms with Gasteiger partial charge in [0.2, 0.25) is 0 Å². The Hall–Kier alpha value is -1.71. The van der Waals surface area contributed by atoms with Crippen molar-refractivity contribution in [3.63, 3.8) is 0 Å². The van der Waals surface area contributed by atoms with E-state index in [1.807, 2.05) is 32.9 Å². The van der Waals surface area contributed by atoms with E-state index in [1.54, 1.807) is 24.3 Å². The second-order valence-corrected chi connectivity index (χ2v) is 6.05. The number of hydrogen-bond donors (Lipinski definition) is 1. The summed E-state index contributed by atoms with van der Waals surface area (Å²) in [6, 6.07) is 4.92. The van der Waals surface area contributed by atoms with Gasteiger partial charge in [-0.15, -0.1) is 0 Å². The van der Waals surface area contributed by atoms with E-state index >= 15 is 0 Å². The zero-order valence-electron chi connectivity index (χ0n) is 14.2. The highest BCUT2D eigenvalue weighted by Gasteiger charge is 2.19. The largest absolute Gasteiger partial charge is 0.479 e. The molecule has 0 fully saturated rings. The standard InChI is InChI=1S/C19H23Cl2NO2/c1-5-8-14(13(4)6-2)12-22-19(23)17(7-3)24-18-10-9-15(20)11-16(18)21/h5-6,8-11,17H,1,7,12H2,2-4H3,(H,22,23)/b13-6-,14-8-. The normalized spacial score (nSPS) is 13.4. The van der Waals surface area contributed by atoms with Crippen molar-refractivity contribution in [3.8, 4) is 5.75 Å². The van der Waals surface area contributed by atoms with Crippen LogP contribution in [0.2, 0.25) is 10.0 Å². The molecule has 0 spiro atoms. The van der Waals surface area contributed by atoms with E-state index in [2.05, 4.69) is 11.9 Å². The number of allylic oxidation sites excluding steroid dienone is 3. The first-order valence-corrected chi connectivity index (χ1v) is 8.52. The van der Waals surface area contributed by atoms with Crippen LogP contribution in [0, 0.1) is 0 Å². The summed E-state index contributed by atoms with van der Waals surface area (Å²) in [5.74, 6) is 0.247. The van der Waals surface area contributed by atoms with Crippen LogP contribution in [0.15, 0.2) is 54.2 Å². The molecule has 1 N–H and O–H groups in total. The maximum absolute atomic E-state index is 12.4. The number of carbonyl (C=O) groups excluding carboxylic acids is 1. The van der Waals surface area contributed by atoms with E-state index in [4.69, 9.17) is 27.9 Å². The topological polar surface area (TPSA) is 38.3 Å². The lowest BCUT2D eigenvalue weighted by molar-refractivity contribution is -0.127. The number of hydrogen-bond acceptors (Lipinski definition) is 2. The fourth-order valence-corrected chi connectivity index (χ4v) is 2.45. The van der Waals surface area contributed by atoms with Gasteiger partial charge in [-0.25, -0.2) is 0 Å². The summed E-state index contributed by atoms with van der Waals surface area (Å²) in [4.78, 5) is 12.4. The van der Waals surface area contributed by atoms with Crippen molar-refractivity contribution in [2.75, 3.05) is 6.54 Å². The third kappa shape index (κ3) is 6.06. The van der Waals surface area contributed by atoms with Crippen LogP contribution in [0.3, 0.4) is 0 Å². The van der Waals surface area contributed by atoms with Crippen molar-refractivity contribution >= 4 is 29.1 Å². The van der Waals surface area contributed by atoms with E-state index in [9.17, 15) is 4.79 Å². The summed E-state index contributed by atoms with van der Waals surface area (Å²) in [5, 5.41) is 3.79. The highest BCUT2D eigenvalue weighted by Crippen LogP contribution is 2.28. The van der Waals surface area contributed by atoms with Gasteiger partial charge in [-0.05, 0) is 44.0 Å². The number of carbonyl (C=O) groups is 1. The van der Waals surface area contributed by atoms with Crippen molar-refractivity contribution < 1.29 is 9.53 Å². The monoisotopic (exact) mass is 367 g/mol. The highest BCUT2D eigenvalue weighted by molar-refractivity contribution is 6.35. The Bertz CT molecular complexity index is 651. The van der Waals surface area contributed by atoms with Gasteiger partial charge >= 0.3 is 0 Å². The first kappa shape index (κ1) is 20.3. The Balaban J connectivity index is 2.76. The fourth-order valence-electron chi connectivity index (χ4n) is 2.00. The van der Waals surface area contributed by atoms with Gasteiger partial charge in [-0.3, -0.25) is 4.79 Å². The van der Waals surface area contributed by atoms with Gasteiger partial charge in [0.15, 0.2) is 6.10 Å². The lowest BCUT2D eigenvalue weighted by atomic mass is 10.1.